The van der Waals surface area contributed by atoms with Crippen molar-refractivity contribution in [1.29, 1.82) is 0 Å². The maximum Gasteiger partial charge on any atom is 0.338 e. The first-order valence-electron chi connectivity index (χ1n) is 10.6. The molecule has 0 spiro atoms. The Labute approximate surface area is 208 Å². The Bertz CT molecular complexity index is 1470. The van der Waals surface area contributed by atoms with Gasteiger partial charge in [-0.05, 0) is 59.6 Å². The Balaban J connectivity index is 1.96. The quantitative estimate of drug-likeness (QED) is 0.445. The minimum atomic E-state index is -0.726. The zero-order valence-corrected chi connectivity index (χ0v) is 21.5. The standard InChI is InChI=1S/C25H23BrN2O5S/c1-5-33-24(30)21-14(2)27-25-28(22(21)16-8-6-7-9-18(16)31-3)23(29)20(34-25)13-15-10-11-19(32-4)17(26)12-15/h6-13,22H,5H2,1-4H3/b20-13+. The highest BCUT2D eigenvalue weighted by atomic mass is 79.9. The van der Waals surface area contributed by atoms with E-state index in [0.717, 1.165) is 10.0 Å². The molecule has 0 radical (unpaired) electrons. The van der Waals surface area contributed by atoms with E-state index in [-0.39, 0.29) is 12.2 Å². The van der Waals surface area contributed by atoms with E-state index in [1.807, 2.05) is 36.4 Å². The van der Waals surface area contributed by atoms with Crippen molar-refractivity contribution in [2.24, 2.45) is 4.99 Å². The van der Waals surface area contributed by atoms with Crippen LogP contribution < -0.4 is 24.4 Å². The molecule has 1 unspecified atom stereocenters. The van der Waals surface area contributed by atoms with Crippen molar-refractivity contribution < 1.29 is 19.0 Å². The van der Waals surface area contributed by atoms with Gasteiger partial charge in [-0.2, -0.15) is 0 Å². The maximum absolute atomic E-state index is 13.7. The van der Waals surface area contributed by atoms with Crippen molar-refractivity contribution in [2.45, 2.75) is 19.9 Å². The molecule has 0 N–H and O–H groups in total. The molecule has 0 amide bonds. The normalized spacial score (nSPS) is 15.6. The fourth-order valence-electron chi connectivity index (χ4n) is 3.90. The van der Waals surface area contributed by atoms with Crippen molar-refractivity contribution >= 4 is 39.3 Å². The summed E-state index contributed by atoms with van der Waals surface area (Å²) in [6.45, 7) is 3.71. The summed E-state index contributed by atoms with van der Waals surface area (Å²) >= 11 is 4.75. The van der Waals surface area contributed by atoms with Crippen molar-refractivity contribution in [3.05, 3.63) is 89.0 Å². The largest absolute Gasteiger partial charge is 0.496 e. The molecule has 0 saturated heterocycles. The van der Waals surface area contributed by atoms with E-state index in [4.69, 9.17) is 14.2 Å². The molecule has 0 fully saturated rings. The molecule has 9 heteroatoms. The molecule has 34 heavy (non-hydrogen) atoms. The number of carbonyl (C=O) groups excluding carboxylic acids is 1. The lowest BCUT2D eigenvalue weighted by molar-refractivity contribution is -0.139. The smallest absolute Gasteiger partial charge is 0.338 e. The number of hydrogen-bond donors (Lipinski definition) is 0. The van der Waals surface area contributed by atoms with Gasteiger partial charge in [0.2, 0.25) is 0 Å². The summed E-state index contributed by atoms with van der Waals surface area (Å²) in [6.07, 6.45) is 1.80. The van der Waals surface area contributed by atoms with E-state index in [9.17, 15) is 9.59 Å². The lowest BCUT2D eigenvalue weighted by Gasteiger charge is -2.25. The molecule has 1 aliphatic heterocycles. The number of ether oxygens (including phenoxy) is 3. The molecule has 1 aliphatic rings. The molecule has 7 nitrogen and oxygen atoms in total. The van der Waals surface area contributed by atoms with Crippen molar-refractivity contribution in [2.75, 3.05) is 20.8 Å². The van der Waals surface area contributed by atoms with Gasteiger partial charge in [0.25, 0.3) is 5.56 Å². The third-order valence-electron chi connectivity index (χ3n) is 5.42. The van der Waals surface area contributed by atoms with E-state index in [1.54, 1.807) is 44.8 Å². The SMILES string of the molecule is CCOC(=O)C1=C(C)N=c2s/c(=C/c3ccc(OC)c(Br)c3)c(=O)n2C1c1ccccc1OC. The van der Waals surface area contributed by atoms with E-state index in [1.165, 1.54) is 11.3 Å². The second-order valence-electron chi connectivity index (χ2n) is 7.44. The molecule has 3 aromatic rings. The van der Waals surface area contributed by atoms with Crippen molar-refractivity contribution in [3.8, 4) is 11.5 Å². The number of para-hydroxylation sites is 1. The van der Waals surface area contributed by atoms with Gasteiger partial charge in [0.1, 0.15) is 17.5 Å². The van der Waals surface area contributed by atoms with E-state index < -0.39 is 12.0 Å². The van der Waals surface area contributed by atoms with Gasteiger partial charge in [0, 0.05) is 5.56 Å². The van der Waals surface area contributed by atoms with Gasteiger partial charge in [0.05, 0.1) is 41.1 Å². The molecule has 2 heterocycles. The molecule has 0 aliphatic carbocycles. The number of rotatable bonds is 6. The van der Waals surface area contributed by atoms with Crippen LogP contribution in [0.3, 0.4) is 0 Å². The topological polar surface area (TPSA) is 79.1 Å². The zero-order valence-electron chi connectivity index (χ0n) is 19.1. The Hall–Kier alpha value is -3.17. The fraction of sp³-hybridized carbons (Fsp3) is 0.240. The summed E-state index contributed by atoms with van der Waals surface area (Å²) in [6, 6.07) is 12.2. The van der Waals surface area contributed by atoms with Crippen molar-refractivity contribution in [1.82, 2.24) is 4.57 Å². The van der Waals surface area contributed by atoms with E-state index >= 15 is 0 Å². The second-order valence-corrected chi connectivity index (χ2v) is 9.30. The number of nitrogens with zero attached hydrogens (tertiary/aromatic N) is 2. The number of esters is 1. The van der Waals surface area contributed by atoms with E-state index in [0.29, 0.717) is 37.7 Å². The zero-order chi connectivity index (χ0) is 24.4. The number of hydrogen-bond acceptors (Lipinski definition) is 7. The van der Waals surface area contributed by atoms with Crippen LogP contribution in [-0.2, 0) is 9.53 Å². The number of benzene rings is 2. The van der Waals surface area contributed by atoms with Gasteiger partial charge < -0.3 is 14.2 Å². The summed E-state index contributed by atoms with van der Waals surface area (Å²) in [5.74, 6) is 0.759. The van der Waals surface area contributed by atoms with Crippen LogP contribution in [0.1, 0.15) is 31.0 Å². The Morgan fingerprint density at radius 3 is 2.59 bits per heavy atom. The van der Waals surface area contributed by atoms with Crippen LogP contribution in [0, 0.1) is 0 Å². The minimum absolute atomic E-state index is 0.213. The molecule has 1 atom stereocenters. The predicted molar refractivity (Wildman–Crippen MR) is 134 cm³/mol. The number of carbonyl (C=O) groups is 1. The summed E-state index contributed by atoms with van der Waals surface area (Å²) in [5, 5.41) is 0. The van der Waals surface area contributed by atoms with E-state index in [2.05, 4.69) is 20.9 Å². The van der Waals surface area contributed by atoms with Crippen LogP contribution >= 0.6 is 27.3 Å². The van der Waals surface area contributed by atoms with Crippen LogP contribution in [0.15, 0.2) is 68.0 Å². The van der Waals surface area contributed by atoms with Crippen LogP contribution in [0.4, 0.5) is 0 Å². The number of methoxy groups -OCH3 is 2. The van der Waals surface area contributed by atoms with Crippen molar-refractivity contribution in [3.63, 3.8) is 0 Å². The summed E-state index contributed by atoms with van der Waals surface area (Å²) < 4.78 is 19.0. The van der Waals surface area contributed by atoms with Gasteiger partial charge in [-0.25, -0.2) is 9.79 Å². The third kappa shape index (κ3) is 4.33. The summed E-state index contributed by atoms with van der Waals surface area (Å²) in [4.78, 5) is 31.8. The molecule has 176 valence electrons. The Morgan fingerprint density at radius 2 is 1.91 bits per heavy atom. The van der Waals surface area contributed by atoms with Gasteiger partial charge in [0.15, 0.2) is 4.80 Å². The number of fused-ring (bicyclic) bond motifs is 1. The number of aromatic nitrogens is 1. The predicted octanol–water partition coefficient (Wildman–Crippen LogP) is 3.58. The molecule has 4 rings (SSSR count). The molecular weight excluding hydrogens is 520 g/mol. The number of allylic oxidation sites excluding steroid dienone is 1. The summed E-state index contributed by atoms with van der Waals surface area (Å²) in [7, 11) is 3.16. The second kappa shape index (κ2) is 9.99. The number of thiazole rings is 1. The highest BCUT2D eigenvalue weighted by molar-refractivity contribution is 9.10. The molecule has 2 aromatic carbocycles. The molecule has 0 saturated carbocycles. The van der Waals surface area contributed by atoms with Crippen LogP contribution in [-0.4, -0.2) is 31.4 Å². The maximum atomic E-state index is 13.7. The minimum Gasteiger partial charge on any atom is -0.496 e. The number of halogens is 1. The average Bonchev–Trinajstić information content (AvgIpc) is 3.12. The van der Waals surface area contributed by atoms with Gasteiger partial charge >= 0.3 is 5.97 Å². The Morgan fingerprint density at radius 1 is 1.18 bits per heavy atom. The highest BCUT2D eigenvalue weighted by Crippen LogP contribution is 2.35. The molecule has 0 bridgehead atoms. The summed E-state index contributed by atoms with van der Waals surface area (Å²) in [5.41, 5.74) is 2.09. The Kier molecular flexibility index (Phi) is 7.04. The lowest BCUT2D eigenvalue weighted by Crippen LogP contribution is -2.40. The van der Waals surface area contributed by atoms with Gasteiger partial charge in [-0.15, -0.1) is 0 Å². The molecular formula is C25H23BrN2O5S. The lowest BCUT2D eigenvalue weighted by atomic mass is 9.95. The first kappa shape index (κ1) is 24.0. The first-order valence-corrected chi connectivity index (χ1v) is 12.2. The highest BCUT2D eigenvalue weighted by Gasteiger charge is 2.34. The van der Waals surface area contributed by atoms with Gasteiger partial charge in [-0.3, -0.25) is 9.36 Å². The molecule has 1 aromatic heterocycles. The fourth-order valence-corrected chi connectivity index (χ4v) is 5.51. The van der Waals surface area contributed by atoms with Crippen LogP contribution in [0.25, 0.3) is 6.08 Å². The monoisotopic (exact) mass is 542 g/mol. The third-order valence-corrected chi connectivity index (χ3v) is 7.03. The average molecular weight is 543 g/mol. The first-order chi connectivity index (χ1) is 16.4. The van der Waals surface area contributed by atoms with Crippen LogP contribution in [0.2, 0.25) is 0 Å². The van der Waals surface area contributed by atoms with Crippen LogP contribution in [0.5, 0.6) is 11.5 Å². The van der Waals surface area contributed by atoms with Gasteiger partial charge in [-0.1, -0.05) is 35.6 Å².